The van der Waals surface area contributed by atoms with Crippen molar-refractivity contribution in [1.82, 2.24) is 14.5 Å². The number of carbonyl (C=O) groups is 1. The van der Waals surface area contributed by atoms with Crippen LogP contribution in [0.1, 0.15) is 28.8 Å². The van der Waals surface area contributed by atoms with Crippen molar-refractivity contribution in [3.05, 3.63) is 65.9 Å². The molecule has 2 heterocycles. The van der Waals surface area contributed by atoms with Crippen molar-refractivity contribution in [2.75, 3.05) is 13.7 Å². The van der Waals surface area contributed by atoms with Gasteiger partial charge in [-0.1, -0.05) is 30.0 Å². The minimum Gasteiger partial charge on any atom is -0.494 e. The molecule has 1 amide bonds. The summed E-state index contributed by atoms with van der Waals surface area (Å²) < 4.78 is 13.3. The number of carbonyl (C=O) groups excluding carboxylic acids is 1. The molecule has 0 unspecified atom stereocenters. The monoisotopic (exact) mass is 385 g/mol. The molecule has 0 spiro atoms. The predicted octanol–water partition coefficient (Wildman–Crippen LogP) is 3.98. The average Bonchev–Trinajstić information content (AvgIpc) is 3.30. The van der Waals surface area contributed by atoms with Gasteiger partial charge in [0.2, 0.25) is 0 Å². The molecule has 0 N–H and O–H groups in total. The van der Waals surface area contributed by atoms with Crippen LogP contribution in [0.15, 0.2) is 58.4 Å². The molecule has 0 atom stereocenters. The Morgan fingerprint density at radius 1 is 1.30 bits per heavy atom. The van der Waals surface area contributed by atoms with Gasteiger partial charge in [-0.3, -0.25) is 4.79 Å². The van der Waals surface area contributed by atoms with Crippen LogP contribution >= 0.6 is 11.8 Å². The number of ether oxygens (including phenoxy) is 1. The average molecular weight is 385 g/mol. The summed E-state index contributed by atoms with van der Waals surface area (Å²) in [7, 11) is 3.71. The Labute approximate surface area is 163 Å². The summed E-state index contributed by atoms with van der Waals surface area (Å²) in [4.78, 5) is 18.6. The topological polar surface area (TPSA) is 60.5 Å². The number of para-hydroxylation sites is 1. The maximum atomic E-state index is 12.7. The zero-order valence-corrected chi connectivity index (χ0v) is 16.5. The third kappa shape index (κ3) is 4.74. The van der Waals surface area contributed by atoms with E-state index < -0.39 is 0 Å². The number of furan rings is 1. The minimum atomic E-state index is -0.158. The number of rotatable bonds is 8. The van der Waals surface area contributed by atoms with Gasteiger partial charge in [0.15, 0.2) is 10.9 Å². The number of aryl methyl sites for hydroxylation is 1. The Bertz CT molecular complexity index is 903. The first-order chi connectivity index (χ1) is 13.1. The van der Waals surface area contributed by atoms with Crippen LogP contribution in [0.3, 0.4) is 0 Å². The van der Waals surface area contributed by atoms with Gasteiger partial charge in [-0.05, 0) is 25.1 Å². The van der Waals surface area contributed by atoms with Gasteiger partial charge in [-0.15, -0.1) is 0 Å². The number of benzene rings is 1. The Hall–Kier alpha value is -2.67. The molecule has 0 bridgehead atoms. The molecule has 142 valence electrons. The first-order valence-corrected chi connectivity index (χ1v) is 9.72. The van der Waals surface area contributed by atoms with Crippen LogP contribution in [-0.4, -0.2) is 34.0 Å². The summed E-state index contributed by atoms with van der Waals surface area (Å²) in [5.41, 5.74) is 0.965. The summed E-state index contributed by atoms with van der Waals surface area (Å²) in [5.74, 6) is 2.34. The molecule has 0 aliphatic carbocycles. The lowest BCUT2D eigenvalue weighted by atomic mass is 10.2. The summed E-state index contributed by atoms with van der Waals surface area (Å²) in [6.45, 7) is 2.98. The molecule has 0 saturated heterocycles. The molecule has 3 aromatic rings. The maximum absolute atomic E-state index is 12.7. The van der Waals surface area contributed by atoms with Gasteiger partial charge in [0, 0.05) is 38.6 Å². The highest BCUT2D eigenvalue weighted by molar-refractivity contribution is 7.98. The lowest BCUT2D eigenvalue weighted by molar-refractivity contribution is 0.0751. The largest absolute Gasteiger partial charge is 0.494 e. The molecular formula is C20H23N3O3S. The molecule has 1 aromatic carbocycles. The first kappa shape index (κ1) is 19.1. The number of nitrogens with zero attached hydrogens (tertiary/aromatic N) is 3. The molecule has 0 aliphatic heterocycles. The van der Waals surface area contributed by atoms with E-state index in [2.05, 4.69) is 4.98 Å². The van der Waals surface area contributed by atoms with E-state index in [0.29, 0.717) is 24.7 Å². The summed E-state index contributed by atoms with van der Waals surface area (Å²) in [6.07, 6.45) is 3.66. The lowest BCUT2D eigenvalue weighted by Gasteiger charge is -2.18. The minimum absolute atomic E-state index is 0.158. The molecule has 6 nitrogen and oxygen atoms in total. The molecule has 2 aromatic heterocycles. The van der Waals surface area contributed by atoms with E-state index in [-0.39, 0.29) is 5.91 Å². The van der Waals surface area contributed by atoms with Gasteiger partial charge in [0.25, 0.3) is 5.91 Å². The molecule has 3 rings (SSSR count). The molecule has 27 heavy (non-hydrogen) atoms. The molecular weight excluding hydrogens is 362 g/mol. The molecule has 7 heteroatoms. The van der Waals surface area contributed by atoms with Crippen LogP contribution in [0.4, 0.5) is 0 Å². The Morgan fingerprint density at radius 3 is 2.85 bits per heavy atom. The fourth-order valence-corrected chi connectivity index (χ4v) is 3.47. The SMILES string of the molecule is CCOc1ccccc1CN(C)C(=O)c1ccc(CSc2nccn2C)o1. The number of aromatic nitrogens is 2. The van der Waals surface area contributed by atoms with Crippen molar-refractivity contribution in [2.45, 2.75) is 24.4 Å². The fraction of sp³-hybridized carbons (Fsp3) is 0.300. The Kier molecular flexibility index (Phi) is 6.24. The second-order valence-corrected chi connectivity index (χ2v) is 7.02. The van der Waals surface area contributed by atoms with Crippen LogP contribution in [0.5, 0.6) is 5.75 Å². The van der Waals surface area contributed by atoms with Crippen molar-refractivity contribution in [1.29, 1.82) is 0 Å². The lowest BCUT2D eigenvalue weighted by Crippen LogP contribution is -2.26. The van der Waals surface area contributed by atoms with Crippen molar-refractivity contribution >= 4 is 17.7 Å². The third-order valence-electron chi connectivity index (χ3n) is 4.02. The van der Waals surface area contributed by atoms with E-state index in [1.165, 1.54) is 0 Å². The van der Waals surface area contributed by atoms with Gasteiger partial charge < -0.3 is 18.6 Å². The number of imidazole rings is 1. The van der Waals surface area contributed by atoms with Crippen molar-refractivity contribution in [3.8, 4) is 5.75 Å². The van der Waals surface area contributed by atoms with Gasteiger partial charge in [0.05, 0.1) is 12.4 Å². The van der Waals surface area contributed by atoms with Gasteiger partial charge in [-0.25, -0.2) is 4.98 Å². The van der Waals surface area contributed by atoms with Crippen LogP contribution < -0.4 is 4.74 Å². The third-order valence-corrected chi connectivity index (χ3v) is 5.10. The second kappa shape index (κ2) is 8.81. The quantitative estimate of drug-likeness (QED) is 0.549. The number of amides is 1. The van der Waals surface area contributed by atoms with Crippen molar-refractivity contribution in [3.63, 3.8) is 0 Å². The number of thioether (sulfide) groups is 1. The van der Waals surface area contributed by atoms with Crippen LogP contribution in [0, 0.1) is 0 Å². The van der Waals surface area contributed by atoms with Gasteiger partial charge in [0.1, 0.15) is 11.5 Å². The van der Waals surface area contributed by atoms with E-state index in [4.69, 9.17) is 9.15 Å². The second-order valence-electron chi connectivity index (χ2n) is 6.08. The summed E-state index contributed by atoms with van der Waals surface area (Å²) >= 11 is 1.57. The van der Waals surface area contributed by atoms with Gasteiger partial charge in [-0.2, -0.15) is 0 Å². The normalized spacial score (nSPS) is 10.8. The van der Waals surface area contributed by atoms with Crippen LogP contribution in [-0.2, 0) is 19.3 Å². The molecule has 0 saturated carbocycles. The van der Waals surface area contributed by atoms with E-state index in [1.807, 2.05) is 55.1 Å². The predicted molar refractivity (Wildman–Crippen MR) is 105 cm³/mol. The molecule has 0 fully saturated rings. The van der Waals surface area contributed by atoms with Gasteiger partial charge >= 0.3 is 0 Å². The first-order valence-electron chi connectivity index (χ1n) is 8.73. The smallest absolute Gasteiger partial charge is 0.289 e. The molecule has 0 aliphatic rings. The Morgan fingerprint density at radius 2 is 2.11 bits per heavy atom. The highest BCUT2D eigenvalue weighted by Crippen LogP contribution is 2.23. The van der Waals surface area contributed by atoms with E-state index in [0.717, 1.165) is 22.2 Å². The molecule has 0 radical (unpaired) electrons. The standard InChI is InChI=1S/C20H23N3O3S/c1-4-25-17-8-6-5-7-15(17)13-23(3)19(24)18-10-9-16(26-18)14-27-20-21-11-12-22(20)2/h5-12H,4,13-14H2,1-3H3. The summed E-state index contributed by atoms with van der Waals surface area (Å²) in [5, 5.41) is 0.906. The van der Waals surface area contributed by atoms with E-state index >= 15 is 0 Å². The van der Waals surface area contributed by atoms with Crippen LogP contribution in [0.25, 0.3) is 0 Å². The Balaban J connectivity index is 1.62. The number of hydrogen-bond donors (Lipinski definition) is 0. The maximum Gasteiger partial charge on any atom is 0.289 e. The van der Waals surface area contributed by atoms with Crippen molar-refractivity contribution < 1.29 is 13.9 Å². The zero-order chi connectivity index (χ0) is 19.2. The zero-order valence-electron chi connectivity index (χ0n) is 15.7. The van der Waals surface area contributed by atoms with E-state index in [1.54, 1.807) is 36.0 Å². The van der Waals surface area contributed by atoms with Crippen LogP contribution in [0.2, 0.25) is 0 Å². The highest BCUT2D eigenvalue weighted by Gasteiger charge is 2.18. The summed E-state index contributed by atoms with van der Waals surface area (Å²) in [6, 6.07) is 11.3. The number of hydrogen-bond acceptors (Lipinski definition) is 5. The fourth-order valence-electron chi connectivity index (χ4n) is 2.64. The van der Waals surface area contributed by atoms with E-state index in [9.17, 15) is 4.79 Å². The highest BCUT2D eigenvalue weighted by atomic mass is 32.2. The van der Waals surface area contributed by atoms with Crippen molar-refractivity contribution in [2.24, 2.45) is 7.05 Å².